The van der Waals surface area contributed by atoms with E-state index in [9.17, 15) is 6.48 Å². The van der Waals surface area contributed by atoms with Crippen LogP contribution < -0.4 is 0 Å². The summed E-state index contributed by atoms with van der Waals surface area (Å²) in [5.41, 5.74) is 9.47. The maximum Gasteiger partial charge on any atom is 0.148 e. The summed E-state index contributed by atoms with van der Waals surface area (Å²) in [5, 5.41) is 11.7. The van der Waals surface area contributed by atoms with Crippen LogP contribution in [-0.4, -0.2) is 19.6 Å². The minimum Gasteiger partial charge on any atom is -0.507 e. The van der Waals surface area contributed by atoms with Crippen molar-refractivity contribution in [1.82, 2.24) is 14.5 Å². The van der Waals surface area contributed by atoms with Gasteiger partial charge < -0.3 is 5.11 Å². The molecule has 0 amide bonds. The second-order valence-electron chi connectivity index (χ2n) is 15.8. The summed E-state index contributed by atoms with van der Waals surface area (Å²) in [6, 6.07) is 52.9. The monoisotopic (exact) mass is 997 g/mol. The molecule has 7 aromatic carbocycles. The van der Waals surface area contributed by atoms with E-state index in [1.165, 1.54) is 24.3 Å². The van der Waals surface area contributed by atoms with Crippen molar-refractivity contribution in [2.45, 2.75) is 59.6 Å². The van der Waals surface area contributed by atoms with Crippen molar-refractivity contribution < 1.29 is 39.9 Å². The number of aromatic hydroxyl groups is 1. The third-order valence-electron chi connectivity index (χ3n) is 11.2. The van der Waals surface area contributed by atoms with E-state index in [1.807, 2.05) is 148 Å². The third-order valence-corrected chi connectivity index (χ3v) is 11.2. The Balaban J connectivity index is 0.00000693. The fraction of sp³-hybridized carbons (Fsp3) is 0.158. The molecule has 0 fully saturated rings. The summed E-state index contributed by atoms with van der Waals surface area (Å²) >= 11 is 0. The molecule has 1 N–H and O–H groups in total. The Morgan fingerprint density at radius 1 is 0.645 bits per heavy atom. The van der Waals surface area contributed by atoms with Gasteiger partial charge in [0.15, 0.2) is 0 Å². The van der Waals surface area contributed by atoms with Gasteiger partial charge in [0.1, 0.15) is 11.6 Å². The van der Waals surface area contributed by atoms with Crippen LogP contribution in [0.25, 0.3) is 83.9 Å². The zero-order valence-electron chi connectivity index (χ0n) is 44.7. The number of pyridine rings is 1. The van der Waals surface area contributed by atoms with Crippen molar-refractivity contribution in [2.24, 2.45) is 0 Å². The summed E-state index contributed by atoms with van der Waals surface area (Å²) < 4.78 is 85.0. The number of phenolic OH excluding ortho intramolecular Hbond substituents is 1. The van der Waals surface area contributed by atoms with Crippen LogP contribution in [0.4, 0.5) is 0 Å². The van der Waals surface area contributed by atoms with Crippen LogP contribution in [-0.2, 0) is 26.5 Å². The molecule has 310 valence electrons. The maximum atomic E-state index is 11.7. The quantitative estimate of drug-likeness (QED) is 0.154. The number of hydrogen-bond donors (Lipinski definition) is 1. The number of aromatic nitrogens is 3. The molecule has 0 spiro atoms. The van der Waals surface area contributed by atoms with Gasteiger partial charge in [-0.1, -0.05) is 166 Å². The number of hydrogen-bond acceptors (Lipinski definition) is 3. The van der Waals surface area contributed by atoms with E-state index in [0.717, 1.165) is 50.1 Å². The molecular formula is C57H50N3OPt-. The van der Waals surface area contributed by atoms with Crippen LogP contribution in [0.2, 0.25) is 0 Å². The van der Waals surface area contributed by atoms with Crippen molar-refractivity contribution in [3.8, 4) is 78.6 Å². The molecular weight excluding hydrogens is 938 g/mol. The van der Waals surface area contributed by atoms with Crippen molar-refractivity contribution >= 4 is 11.0 Å². The first kappa shape index (κ1) is 31.5. The first-order chi connectivity index (χ1) is 33.5. The average molecular weight is 998 g/mol. The largest absolute Gasteiger partial charge is 0.507 e. The Hall–Kier alpha value is -6.35. The number of rotatable bonds is 8. The topological polar surface area (TPSA) is 50.9 Å². The summed E-state index contributed by atoms with van der Waals surface area (Å²) in [6.07, 6.45) is 1.64. The van der Waals surface area contributed by atoms with Crippen LogP contribution in [0.5, 0.6) is 5.75 Å². The molecule has 0 aliphatic rings. The van der Waals surface area contributed by atoms with Gasteiger partial charge >= 0.3 is 0 Å². The van der Waals surface area contributed by atoms with Gasteiger partial charge in [-0.2, -0.15) is 0 Å². The van der Waals surface area contributed by atoms with Crippen molar-refractivity contribution in [3.05, 3.63) is 192 Å². The van der Waals surface area contributed by atoms with Crippen LogP contribution in [0.3, 0.4) is 0 Å². The van der Waals surface area contributed by atoms with Crippen molar-refractivity contribution in [2.75, 3.05) is 0 Å². The number of phenols is 1. The van der Waals surface area contributed by atoms with Gasteiger partial charge in [0.2, 0.25) is 0 Å². The smallest absolute Gasteiger partial charge is 0.148 e. The number of nitrogens with zero attached hydrogens (tertiary/aromatic N) is 3. The standard InChI is InChI=1S/C57H50N3O.Pt/c1-36(2)50-35-47(25-26-48(50)41-17-12-9-13-18-41)60-53-20-14-19-49(54(53)59-56(60)51-30-37(3)29-38(4)55(51)61)44-31-43(39-15-10-8-11-16-39)32-45(33-44)52-34-42(27-28-58-52)40-21-23-46(24-22-40)57(5,6)7;/h8-32,34-36,61H,1-7H3;/q-1;/i5D3,6D3,7D3,36D;. The minimum atomic E-state index is -3.38. The van der Waals surface area contributed by atoms with Gasteiger partial charge in [0, 0.05) is 52.4 Å². The second kappa shape index (κ2) is 17.2. The number of fused-ring (bicyclic) bond motifs is 1. The van der Waals surface area contributed by atoms with Gasteiger partial charge in [0.25, 0.3) is 0 Å². The Morgan fingerprint density at radius 3 is 2.05 bits per heavy atom. The summed E-state index contributed by atoms with van der Waals surface area (Å²) in [5.74, 6) is -0.345. The molecule has 0 saturated heterocycles. The number of imidazole rings is 1. The maximum absolute atomic E-state index is 11.7. The molecule has 62 heavy (non-hydrogen) atoms. The van der Waals surface area contributed by atoms with Gasteiger partial charge in [-0.3, -0.25) is 9.55 Å². The first-order valence-electron chi connectivity index (χ1n) is 25.2. The Bertz CT molecular complexity index is 3410. The molecule has 0 saturated carbocycles. The van der Waals surface area contributed by atoms with Gasteiger partial charge in [-0.25, -0.2) is 4.98 Å². The summed E-state index contributed by atoms with van der Waals surface area (Å²) in [4.78, 5) is 10.2. The predicted molar refractivity (Wildman–Crippen MR) is 254 cm³/mol. The van der Waals surface area contributed by atoms with E-state index in [0.29, 0.717) is 50.4 Å². The normalized spacial score (nSPS) is 14.7. The average Bonchev–Trinajstić information content (AvgIpc) is 3.71. The van der Waals surface area contributed by atoms with Crippen molar-refractivity contribution in [3.63, 3.8) is 0 Å². The van der Waals surface area contributed by atoms with E-state index in [2.05, 4.69) is 18.2 Å². The Labute approximate surface area is 394 Å². The van der Waals surface area contributed by atoms with Gasteiger partial charge in [-0.05, 0) is 106 Å². The molecule has 0 atom stereocenters. The second-order valence-corrected chi connectivity index (χ2v) is 15.8. The molecule has 9 rings (SSSR count). The van der Waals surface area contributed by atoms with E-state index >= 15 is 0 Å². The fourth-order valence-corrected chi connectivity index (χ4v) is 8.16. The molecule has 4 nitrogen and oxygen atoms in total. The molecule has 2 heterocycles. The fourth-order valence-electron chi connectivity index (χ4n) is 8.16. The summed E-state index contributed by atoms with van der Waals surface area (Å²) in [6.45, 7) is -2.53. The number of benzene rings is 7. The molecule has 0 aliphatic heterocycles. The molecule has 2 aromatic heterocycles. The molecule has 0 unspecified atom stereocenters. The third kappa shape index (κ3) is 8.20. The van der Waals surface area contributed by atoms with Crippen molar-refractivity contribution in [1.29, 1.82) is 0 Å². The molecule has 5 heteroatoms. The zero-order valence-corrected chi connectivity index (χ0v) is 37.0. The molecule has 0 aliphatic carbocycles. The van der Waals surface area contributed by atoms with Gasteiger partial charge in [-0.15, -0.1) is 23.8 Å². The molecule has 9 aromatic rings. The number of aryl methyl sites for hydroxylation is 2. The van der Waals surface area contributed by atoms with E-state index in [-0.39, 0.29) is 32.4 Å². The van der Waals surface area contributed by atoms with Crippen LogP contribution in [0, 0.1) is 19.9 Å². The first-order valence-corrected chi connectivity index (χ1v) is 20.2. The van der Waals surface area contributed by atoms with Gasteiger partial charge in [0.05, 0.1) is 16.6 Å². The molecule has 0 bridgehead atoms. The Morgan fingerprint density at radius 2 is 1.34 bits per heavy atom. The zero-order chi connectivity index (χ0) is 50.8. The SMILES string of the molecule is [2H]C(C)(C)c1cc(-n2c(-c3cc(C)cc(C)c3O)nc3c(-c4[c-]c(-c5cc(-c6ccc(C(C([2H])([2H])[2H])(C([2H])([2H])[2H])C([2H])([2H])[2H])cc6)ccn5)cc(-c5ccccc5)c4)cccc32)ccc1-c1ccccc1.[Pt]. The Kier molecular flexibility index (Phi) is 8.73. The van der Waals surface area contributed by atoms with E-state index in [1.54, 1.807) is 12.3 Å². The predicted octanol–water partition coefficient (Wildman–Crippen LogP) is 15.0. The van der Waals surface area contributed by atoms with E-state index in [4.69, 9.17) is 22.3 Å². The van der Waals surface area contributed by atoms with Crippen LogP contribution in [0.15, 0.2) is 164 Å². The van der Waals surface area contributed by atoms with Crippen LogP contribution in [0.1, 0.15) is 76.3 Å². The molecule has 0 radical (unpaired) electrons. The minimum absolute atomic E-state index is 0. The van der Waals surface area contributed by atoms with E-state index < -0.39 is 31.9 Å². The number of para-hydroxylation sites is 1. The summed E-state index contributed by atoms with van der Waals surface area (Å²) in [7, 11) is 0. The van der Waals surface area contributed by atoms with Crippen LogP contribution >= 0.6 is 0 Å².